The molecule has 2 aromatic heterocycles. The van der Waals surface area contributed by atoms with Gasteiger partial charge in [-0.1, -0.05) is 32.0 Å². The molecule has 0 saturated carbocycles. The largest absolute Gasteiger partial charge is 0.422 e. The topological polar surface area (TPSA) is 67.5 Å². The van der Waals surface area contributed by atoms with E-state index in [4.69, 9.17) is 4.42 Å². The first kappa shape index (κ1) is 15.4. The molecule has 0 atom stereocenters. The number of nitrogens with zero attached hydrogens (tertiary/aromatic N) is 2. The van der Waals surface area contributed by atoms with Crippen molar-refractivity contribution in [2.75, 3.05) is 5.43 Å². The number of hydrazone groups is 1. The van der Waals surface area contributed by atoms with Crippen LogP contribution in [0.3, 0.4) is 0 Å². The van der Waals surface area contributed by atoms with Crippen LogP contribution in [-0.2, 0) is 0 Å². The molecule has 0 saturated heterocycles. The highest BCUT2D eigenvalue weighted by atomic mass is 32.1. The van der Waals surface area contributed by atoms with Crippen LogP contribution in [0.5, 0.6) is 0 Å². The van der Waals surface area contributed by atoms with Gasteiger partial charge in [0, 0.05) is 16.5 Å². The molecule has 23 heavy (non-hydrogen) atoms. The maximum absolute atomic E-state index is 12.2. The van der Waals surface area contributed by atoms with Crippen molar-refractivity contribution in [1.82, 2.24) is 4.98 Å². The number of thiazole rings is 1. The Labute approximate surface area is 137 Å². The van der Waals surface area contributed by atoms with Gasteiger partial charge < -0.3 is 4.42 Å². The Kier molecular flexibility index (Phi) is 4.52. The van der Waals surface area contributed by atoms with E-state index in [2.05, 4.69) is 29.4 Å². The number of hydrogen-bond acceptors (Lipinski definition) is 6. The Morgan fingerprint density at radius 1 is 1.30 bits per heavy atom. The zero-order valence-corrected chi connectivity index (χ0v) is 13.8. The van der Waals surface area contributed by atoms with Crippen molar-refractivity contribution in [3.63, 3.8) is 0 Å². The van der Waals surface area contributed by atoms with Crippen molar-refractivity contribution in [3.8, 4) is 11.3 Å². The van der Waals surface area contributed by atoms with Crippen LogP contribution in [0.4, 0.5) is 5.13 Å². The lowest BCUT2D eigenvalue weighted by Gasteiger charge is -2.00. The molecule has 0 unspecified atom stereocenters. The first-order chi connectivity index (χ1) is 11.2. The van der Waals surface area contributed by atoms with Crippen LogP contribution in [0, 0.1) is 0 Å². The summed E-state index contributed by atoms with van der Waals surface area (Å²) in [6.07, 6.45) is 1.80. The van der Waals surface area contributed by atoms with E-state index in [1.165, 1.54) is 11.3 Å². The van der Waals surface area contributed by atoms with Crippen LogP contribution >= 0.6 is 11.3 Å². The Hall–Kier alpha value is -2.47. The minimum atomic E-state index is -0.383. The highest BCUT2D eigenvalue weighted by Crippen LogP contribution is 2.25. The third-order valence-electron chi connectivity index (χ3n) is 3.55. The van der Waals surface area contributed by atoms with E-state index in [0.717, 1.165) is 23.9 Å². The SMILES string of the molecule is CCC(CC)=NNc1nc(-c2cc3ccccc3oc2=O)cs1. The molecule has 3 rings (SSSR count). The summed E-state index contributed by atoms with van der Waals surface area (Å²) in [5.41, 5.74) is 5.29. The summed E-state index contributed by atoms with van der Waals surface area (Å²) in [5.74, 6) is 0. The second-order valence-electron chi connectivity index (χ2n) is 5.02. The van der Waals surface area contributed by atoms with Crippen LogP contribution in [0.25, 0.3) is 22.2 Å². The van der Waals surface area contributed by atoms with Gasteiger partial charge in [0.2, 0.25) is 5.13 Å². The second kappa shape index (κ2) is 6.75. The predicted octanol–water partition coefficient (Wildman–Crippen LogP) is 4.50. The highest BCUT2D eigenvalue weighted by molar-refractivity contribution is 7.14. The predicted molar refractivity (Wildman–Crippen MR) is 95.2 cm³/mol. The fourth-order valence-electron chi connectivity index (χ4n) is 2.22. The standard InChI is InChI=1S/C17H17N3O2S/c1-3-12(4-2)19-20-17-18-14(10-23-17)13-9-11-7-5-6-8-15(11)22-16(13)21/h5-10H,3-4H2,1-2H3,(H,18,20). The first-order valence-corrected chi connectivity index (χ1v) is 8.39. The lowest BCUT2D eigenvalue weighted by molar-refractivity contribution is 0.563. The number of rotatable bonds is 5. The van der Waals surface area contributed by atoms with Crippen molar-refractivity contribution < 1.29 is 4.42 Å². The van der Waals surface area contributed by atoms with Crippen molar-refractivity contribution >= 4 is 33.1 Å². The summed E-state index contributed by atoms with van der Waals surface area (Å²) < 4.78 is 5.35. The number of aromatic nitrogens is 1. The molecule has 3 aromatic rings. The third kappa shape index (κ3) is 3.32. The van der Waals surface area contributed by atoms with Gasteiger partial charge in [0.15, 0.2) is 0 Å². The molecule has 0 bridgehead atoms. The Bertz CT molecular complexity index is 905. The van der Waals surface area contributed by atoms with Crippen molar-refractivity contribution in [2.24, 2.45) is 5.10 Å². The monoisotopic (exact) mass is 327 g/mol. The molecule has 1 aromatic carbocycles. The number of para-hydroxylation sites is 1. The van der Waals surface area contributed by atoms with Crippen LogP contribution in [-0.4, -0.2) is 10.7 Å². The lowest BCUT2D eigenvalue weighted by Crippen LogP contribution is -2.03. The van der Waals surface area contributed by atoms with Gasteiger partial charge in [-0.25, -0.2) is 9.78 Å². The number of anilines is 1. The van der Waals surface area contributed by atoms with E-state index in [9.17, 15) is 4.79 Å². The minimum Gasteiger partial charge on any atom is -0.422 e. The number of hydrogen-bond donors (Lipinski definition) is 1. The Morgan fingerprint density at radius 3 is 2.87 bits per heavy atom. The van der Waals surface area contributed by atoms with Crippen LogP contribution in [0.2, 0.25) is 0 Å². The normalized spacial score (nSPS) is 10.7. The van der Waals surface area contributed by atoms with Gasteiger partial charge in [-0.15, -0.1) is 11.3 Å². The summed E-state index contributed by atoms with van der Waals surface area (Å²) in [7, 11) is 0. The number of benzene rings is 1. The van der Waals surface area contributed by atoms with Crippen molar-refractivity contribution in [3.05, 3.63) is 46.1 Å². The average Bonchev–Trinajstić information content (AvgIpc) is 3.04. The van der Waals surface area contributed by atoms with Gasteiger partial charge >= 0.3 is 5.63 Å². The van der Waals surface area contributed by atoms with Crippen LogP contribution in [0.1, 0.15) is 26.7 Å². The fraction of sp³-hybridized carbons (Fsp3) is 0.235. The van der Waals surface area contributed by atoms with Crippen molar-refractivity contribution in [2.45, 2.75) is 26.7 Å². The summed E-state index contributed by atoms with van der Waals surface area (Å²) in [6.45, 7) is 4.13. The van der Waals surface area contributed by atoms with E-state index in [-0.39, 0.29) is 5.63 Å². The summed E-state index contributed by atoms with van der Waals surface area (Å²) in [4.78, 5) is 16.6. The molecule has 0 aliphatic heterocycles. The molecule has 0 spiro atoms. The molecular formula is C17H17N3O2S. The quantitative estimate of drug-likeness (QED) is 0.425. The molecule has 0 fully saturated rings. The van der Waals surface area contributed by atoms with Gasteiger partial charge in [-0.05, 0) is 25.0 Å². The second-order valence-corrected chi connectivity index (χ2v) is 5.88. The summed E-state index contributed by atoms with van der Waals surface area (Å²) in [5, 5.41) is 7.69. The van der Waals surface area contributed by atoms with E-state index in [1.807, 2.05) is 29.6 Å². The molecular weight excluding hydrogens is 310 g/mol. The Morgan fingerprint density at radius 2 is 2.09 bits per heavy atom. The van der Waals surface area contributed by atoms with Gasteiger partial charge in [-0.3, -0.25) is 5.43 Å². The minimum absolute atomic E-state index is 0.383. The molecule has 0 radical (unpaired) electrons. The molecule has 0 aliphatic rings. The van der Waals surface area contributed by atoms with Gasteiger partial charge in [0.1, 0.15) is 5.58 Å². The van der Waals surface area contributed by atoms with E-state index in [1.54, 1.807) is 6.07 Å². The molecule has 0 aliphatic carbocycles. The summed E-state index contributed by atoms with van der Waals surface area (Å²) >= 11 is 1.41. The zero-order chi connectivity index (χ0) is 16.2. The summed E-state index contributed by atoms with van der Waals surface area (Å²) in [6, 6.07) is 9.25. The van der Waals surface area contributed by atoms with Crippen molar-refractivity contribution in [1.29, 1.82) is 0 Å². The van der Waals surface area contributed by atoms with E-state index >= 15 is 0 Å². The first-order valence-electron chi connectivity index (χ1n) is 7.51. The molecule has 1 N–H and O–H groups in total. The smallest absolute Gasteiger partial charge is 0.345 e. The molecule has 5 nitrogen and oxygen atoms in total. The van der Waals surface area contributed by atoms with Crippen LogP contribution < -0.4 is 11.1 Å². The fourth-order valence-corrected chi connectivity index (χ4v) is 2.88. The van der Waals surface area contributed by atoms with E-state index < -0.39 is 0 Å². The highest BCUT2D eigenvalue weighted by Gasteiger charge is 2.11. The maximum Gasteiger partial charge on any atom is 0.345 e. The lowest BCUT2D eigenvalue weighted by atomic mass is 10.1. The van der Waals surface area contributed by atoms with Gasteiger partial charge in [0.05, 0.1) is 11.3 Å². The molecule has 2 heterocycles. The molecule has 0 amide bonds. The number of nitrogens with one attached hydrogen (secondary N) is 1. The van der Waals surface area contributed by atoms with Gasteiger partial charge in [0.25, 0.3) is 0 Å². The van der Waals surface area contributed by atoms with Crippen LogP contribution in [0.15, 0.2) is 50.0 Å². The molecule has 118 valence electrons. The number of fused-ring (bicyclic) bond motifs is 1. The third-order valence-corrected chi connectivity index (χ3v) is 4.29. The Balaban J connectivity index is 1.92. The maximum atomic E-state index is 12.2. The van der Waals surface area contributed by atoms with Gasteiger partial charge in [-0.2, -0.15) is 5.10 Å². The molecule has 6 heteroatoms. The average molecular weight is 327 g/mol. The van der Waals surface area contributed by atoms with E-state index in [0.29, 0.717) is 22.0 Å². The zero-order valence-electron chi connectivity index (χ0n) is 13.0.